The standard InChI is InChI=1S/C9H6ClF3O2.C9H7F3O3.C9H7F3O2.C8H3Cl2F3O.C8H5F3O3.C8H5F3O2.C6H3F3.C2HCl3O.CH2Cl2.CH4O.2CH4.Al.Cl2OS.4ClH/c1-15-9(14)8(10)4-2-6(12)7(13)3-5(4)11;1-15-9(14)8(13)4-2-6(11)7(12)3-5(4)10;1-14-9(13)3-5-2-7(11)8(12)4-6(5)10;9-8(10)7(14)3-1-5(12)6(13)2-4(3)11;9-4-2-6(11)5(10)1-3(4)7(12)8(13)14;9-5-3-7(11)6(10)1-4(5)2-8(12)13;7-4-1-2-5(8)6(9)3-4;3-1(4)2(5)6;2-1-3;1-2;;;;1-4(2)3;;;;/h2-3,8H,1H3;2-3,8,13H,1H3;2,4H,3H2,1H3;1-2,8H;1-2,7,12H,(H,13,14);1,3H,2H2,(H,12,13);1-3H;1H;1H2;2H,1H3;2*1H4;;;4*1H/q;;;;;;;;;;;;+3;;;;;/p-3. The Balaban J connectivity index is -0.000000188. The number of aliphatic carboxylic acids is 2. The van der Waals surface area contributed by atoms with Crippen molar-refractivity contribution >= 4 is 218 Å². The molecule has 0 amide bonds. The highest BCUT2D eigenvalue weighted by Crippen LogP contribution is 2.28. The van der Waals surface area contributed by atoms with Crippen molar-refractivity contribution in [2.24, 2.45) is 0 Å². The first kappa shape index (κ1) is 126. The van der Waals surface area contributed by atoms with Crippen molar-refractivity contribution in [3.63, 3.8) is 0 Å². The molecule has 0 saturated carbocycles. The topological polar surface area (TPSA) is 265 Å². The molecular weight excluding hydrogens is 1970 g/mol. The molecule has 654 valence electrons. The summed E-state index contributed by atoms with van der Waals surface area (Å²) in [7, 11) is 26.3. The van der Waals surface area contributed by atoms with Crippen LogP contribution >= 0.6 is 157 Å². The maximum Gasteiger partial charge on any atom is 0.643 e. The number of ketones is 1. The molecule has 0 fully saturated rings. The van der Waals surface area contributed by atoms with Gasteiger partial charge in [-0.2, -0.15) is 0 Å². The molecule has 3 atom stereocenters. The number of ether oxygens (including phenoxy) is 3. The molecule has 0 aliphatic carbocycles. The molecule has 0 aliphatic rings. The lowest BCUT2D eigenvalue weighted by atomic mass is 10.1. The van der Waals surface area contributed by atoms with E-state index in [-0.39, 0.29) is 61.9 Å². The van der Waals surface area contributed by atoms with E-state index in [0.717, 1.165) is 40.6 Å². The van der Waals surface area contributed by atoms with Crippen molar-refractivity contribution in [1.82, 2.24) is 0 Å². The van der Waals surface area contributed by atoms with Gasteiger partial charge in [0.2, 0.25) is 9.23 Å². The van der Waals surface area contributed by atoms with Crippen LogP contribution in [0.4, 0.5) is 92.2 Å². The number of carboxylic acid groups (broad SMARTS) is 2. The van der Waals surface area contributed by atoms with Gasteiger partial charge in [-0.15, -0.1) is 47.2 Å². The number of Topliss-reactive ketones (excluding diaryl/α,β-unsaturated/α-hetero) is 1. The minimum atomic E-state index is -2.20. The van der Waals surface area contributed by atoms with Gasteiger partial charge in [-0.1, -0.05) is 61.3 Å². The lowest BCUT2D eigenvalue weighted by Crippen LogP contribution is -2.15. The zero-order chi connectivity index (χ0) is 89.5. The third-order valence-corrected chi connectivity index (χ3v) is 12.3. The van der Waals surface area contributed by atoms with E-state index in [1.807, 2.05) is 0 Å². The first-order valence-corrected chi connectivity index (χ1v) is 38.9. The predicted molar refractivity (Wildman–Crippen MR) is 396 cm³/mol. The number of rotatable bonds is 13. The Bertz CT molecular complexity index is 4180. The molecule has 5 N–H and O–H groups in total. The average Bonchev–Trinajstić information content (AvgIpc) is 0.863. The summed E-state index contributed by atoms with van der Waals surface area (Å²) < 4.78 is 285. The van der Waals surface area contributed by atoms with E-state index in [1.54, 1.807) is 0 Å². The quantitative estimate of drug-likeness (QED) is 0.0105. The van der Waals surface area contributed by atoms with Crippen molar-refractivity contribution < 1.29 is 170 Å². The van der Waals surface area contributed by atoms with Crippen molar-refractivity contribution in [3.8, 4) is 0 Å². The Morgan fingerprint density at radius 1 is 0.414 bits per heavy atom. The molecule has 3 unspecified atom stereocenters. The third-order valence-electron chi connectivity index (χ3n) is 10.7. The number of hydrogen-bond donors (Lipinski definition) is 5. The lowest BCUT2D eigenvalue weighted by molar-refractivity contribution is -0.151. The van der Waals surface area contributed by atoms with E-state index < -0.39 is 246 Å². The van der Waals surface area contributed by atoms with Crippen LogP contribution in [0.15, 0.2) is 91.0 Å². The lowest BCUT2D eigenvalue weighted by Gasteiger charge is -2.09. The summed E-state index contributed by atoms with van der Waals surface area (Å²) in [5.74, 6) is -32.6. The SMILES string of the molecule is C.C.CO.COC(=O)C(Cl)c1cc(F)c(F)cc1F.COC(=O)C(O)c1cc(F)c(F)cc1F.COC(=O)Cc1cc(F)c(F)cc1F.Cl.ClCCl.Fc1ccc(F)c(F)c1.O=C(Cl)C(Cl)Cl.O=C(O)C(O)c1cc(F)c(F)cc1F.O=C(O)Cc1cc(F)c(F)cc1F.O=C(c1cc(F)c(F)cc1F)C(Cl)Cl.O=S(Cl)Cl.[Cl][Al]([Cl])[Cl]. The number of aliphatic hydroxyl groups excluding tert-OH is 3. The fraction of sp³-hybridized carbons (Fsp3) is 0.222. The Morgan fingerprint density at radius 3 is 0.983 bits per heavy atom. The van der Waals surface area contributed by atoms with E-state index in [0.29, 0.717) is 60.7 Å². The molecular formula is C63H52AlCl14F21O16S. The molecule has 0 aliphatic heterocycles. The zero-order valence-corrected chi connectivity index (χ0v) is 68.3. The monoisotopic (exact) mass is 2010 g/mol. The van der Waals surface area contributed by atoms with E-state index in [1.165, 1.54) is 0 Å². The van der Waals surface area contributed by atoms with Gasteiger partial charge in [0.15, 0.2) is 114 Å². The fourth-order valence-electron chi connectivity index (χ4n) is 5.92. The van der Waals surface area contributed by atoms with E-state index in [9.17, 15) is 131 Å². The first-order chi connectivity index (χ1) is 52.1. The Morgan fingerprint density at radius 2 is 0.690 bits per heavy atom. The zero-order valence-electron chi connectivity index (χ0n) is 55.6. The summed E-state index contributed by atoms with van der Waals surface area (Å²) in [6, 6.07) is 6.68. The average molecular weight is 2020 g/mol. The van der Waals surface area contributed by atoms with Gasteiger partial charge in [-0.05, 0) is 60.1 Å². The molecule has 0 bridgehead atoms. The van der Waals surface area contributed by atoms with Crippen LogP contribution in [0.5, 0.6) is 0 Å². The van der Waals surface area contributed by atoms with Crippen LogP contribution in [0.3, 0.4) is 0 Å². The second-order valence-electron chi connectivity index (χ2n) is 18.1. The second kappa shape index (κ2) is 67.1. The smallest absolute Gasteiger partial charge is 0.481 e. The van der Waals surface area contributed by atoms with Crippen molar-refractivity contribution in [2.45, 2.75) is 55.0 Å². The summed E-state index contributed by atoms with van der Waals surface area (Å²) in [5.41, 5.74) is -3.19. The number of aliphatic hydroxyl groups is 3. The molecule has 7 rings (SSSR count). The van der Waals surface area contributed by atoms with Gasteiger partial charge >= 0.3 is 41.2 Å². The molecule has 16 nitrogen and oxygen atoms in total. The van der Waals surface area contributed by atoms with Gasteiger partial charge in [0.05, 0.1) is 45.1 Å². The van der Waals surface area contributed by atoms with Crippen LogP contribution in [-0.2, 0) is 65.0 Å². The van der Waals surface area contributed by atoms with Crippen LogP contribution in [0.1, 0.15) is 70.6 Å². The Kier molecular flexibility index (Phi) is 72.9. The molecule has 0 aromatic heterocycles. The Labute approximate surface area is 717 Å². The van der Waals surface area contributed by atoms with E-state index >= 15 is 0 Å². The molecule has 7 aromatic carbocycles. The maximum absolute atomic E-state index is 13.1. The van der Waals surface area contributed by atoms with Crippen molar-refractivity contribution in [2.75, 3.05) is 33.8 Å². The molecule has 0 saturated heterocycles. The summed E-state index contributed by atoms with van der Waals surface area (Å²) in [5, 5.41) is 39.6. The van der Waals surface area contributed by atoms with Gasteiger partial charge < -0.3 is 39.7 Å². The van der Waals surface area contributed by atoms with Crippen LogP contribution in [0, 0.1) is 122 Å². The van der Waals surface area contributed by atoms with Gasteiger partial charge in [-0.25, -0.2) is 136 Å². The number of carbonyl (C=O) groups is 7. The predicted octanol–water partition coefficient (Wildman–Crippen LogP) is 20.8. The van der Waals surface area contributed by atoms with Crippen LogP contribution in [-0.4, -0.2) is 125 Å². The number of alkyl halides is 7. The fourth-order valence-corrected chi connectivity index (χ4v) is 6.41. The number of halogens is 35. The normalized spacial score (nSPS) is 10.3. The van der Waals surface area contributed by atoms with Gasteiger partial charge in [0.25, 0.3) is 5.24 Å². The van der Waals surface area contributed by atoms with Crippen LogP contribution < -0.4 is 0 Å². The van der Waals surface area contributed by atoms with E-state index in [2.05, 4.69) is 35.6 Å². The number of hydrogen-bond acceptors (Lipinski definition) is 14. The third kappa shape index (κ3) is 53.1. The maximum atomic E-state index is 13.1. The first-order valence-electron chi connectivity index (χ1n) is 27.2. The summed E-state index contributed by atoms with van der Waals surface area (Å²) in [6.07, 6.45) is -5.25. The number of carbonyl (C=O) groups excluding carboxylic acids is 5. The number of esters is 3. The number of benzene rings is 7. The number of carboxylic acids is 2. The Hall–Kier alpha value is -5.62. The van der Waals surface area contributed by atoms with E-state index in [4.69, 9.17) is 148 Å². The molecule has 0 heterocycles. The van der Waals surface area contributed by atoms with Crippen LogP contribution in [0.25, 0.3) is 0 Å². The minimum absolute atomic E-state index is 0. The molecule has 0 spiro atoms. The van der Waals surface area contributed by atoms with Crippen molar-refractivity contribution in [3.05, 3.63) is 247 Å². The highest BCUT2D eigenvalue weighted by atomic mass is 36.0. The molecule has 0 radical (unpaired) electrons. The summed E-state index contributed by atoms with van der Waals surface area (Å²) in [4.78, 5) is 70.9. The van der Waals surface area contributed by atoms with Gasteiger partial charge in [0.1, 0.15) is 40.7 Å². The van der Waals surface area contributed by atoms with Gasteiger partial charge in [0, 0.05) is 98.8 Å². The summed E-state index contributed by atoms with van der Waals surface area (Å²) in [6.45, 7) is 0. The molecule has 53 heteroatoms. The largest absolute Gasteiger partial charge is 0.643 e. The van der Waals surface area contributed by atoms with Gasteiger partial charge in [-0.3, -0.25) is 24.0 Å². The minimum Gasteiger partial charge on any atom is -0.481 e. The second-order valence-corrected chi connectivity index (χ2v) is 30.8. The molecule has 116 heavy (non-hydrogen) atoms. The van der Waals surface area contributed by atoms with Crippen molar-refractivity contribution in [1.29, 1.82) is 0 Å². The highest BCUT2D eigenvalue weighted by molar-refractivity contribution is 8.26. The number of methoxy groups -OCH3 is 3. The summed E-state index contributed by atoms with van der Waals surface area (Å²) >= 11 is 38.1. The van der Waals surface area contributed by atoms with Crippen LogP contribution in [0.2, 0.25) is 0 Å². The highest BCUT2D eigenvalue weighted by Gasteiger charge is 2.27. The molecule has 7 aromatic rings.